The molecule has 0 saturated carbocycles. The quantitative estimate of drug-likeness (QED) is 0.124. The lowest BCUT2D eigenvalue weighted by atomic mass is 10.1. The molecule has 0 N–H and O–H groups in total. The molecule has 3 aromatic rings. The van der Waals surface area contributed by atoms with Crippen LogP contribution in [0, 0.1) is 10.1 Å². The van der Waals surface area contributed by atoms with Crippen molar-refractivity contribution in [2.24, 2.45) is 0 Å². The number of halogens is 1. The van der Waals surface area contributed by atoms with Gasteiger partial charge in [-0.25, -0.2) is 4.79 Å². The predicted molar refractivity (Wildman–Crippen MR) is 112 cm³/mol. The maximum atomic E-state index is 12.4. The zero-order valence-corrected chi connectivity index (χ0v) is 16.5. The van der Waals surface area contributed by atoms with Gasteiger partial charge in [-0.05, 0) is 54.6 Å². The summed E-state index contributed by atoms with van der Waals surface area (Å²) in [4.78, 5) is 34.8. The monoisotopic (exact) mass is 451 g/mol. The highest BCUT2D eigenvalue weighted by atomic mass is 79.9. The van der Waals surface area contributed by atoms with Crippen molar-refractivity contribution in [3.8, 4) is 5.75 Å². The maximum Gasteiger partial charge on any atom is 0.343 e. The van der Waals surface area contributed by atoms with Crippen molar-refractivity contribution in [3.05, 3.63) is 110 Å². The number of benzene rings is 3. The molecule has 0 unspecified atom stereocenters. The first-order chi connectivity index (χ1) is 13.9. The van der Waals surface area contributed by atoms with Gasteiger partial charge in [-0.2, -0.15) is 0 Å². The lowest BCUT2D eigenvalue weighted by Gasteiger charge is -2.07. The average Bonchev–Trinajstić information content (AvgIpc) is 2.73. The van der Waals surface area contributed by atoms with Gasteiger partial charge in [0.15, 0.2) is 5.78 Å². The Morgan fingerprint density at radius 1 is 0.897 bits per heavy atom. The van der Waals surface area contributed by atoms with Gasteiger partial charge >= 0.3 is 5.97 Å². The van der Waals surface area contributed by atoms with Crippen LogP contribution in [0.25, 0.3) is 6.08 Å². The highest BCUT2D eigenvalue weighted by Gasteiger charge is 2.13. The van der Waals surface area contributed by atoms with Gasteiger partial charge in [0.1, 0.15) is 5.75 Å². The molecule has 29 heavy (non-hydrogen) atoms. The summed E-state index contributed by atoms with van der Waals surface area (Å²) < 4.78 is 6.28. The highest BCUT2D eigenvalue weighted by molar-refractivity contribution is 9.10. The highest BCUT2D eigenvalue weighted by Crippen LogP contribution is 2.22. The third-order valence-corrected chi connectivity index (χ3v) is 4.51. The van der Waals surface area contributed by atoms with Crippen LogP contribution in [0.4, 0.5) is 5.69 Å². The molecule has 0 aliphatic carbocycles. The number of esters is 1. The number of ketones is 1. The van der Waals surface area contributed by atoms with E-state index in [1.165, 1.54) is 30.3 Å². The Labute approximate surface area is 174 Å². The summed E-state index contributed by atoms with van der Waals surface area (Å²) in [5, 5.41) is 10.7. The number of nitro groups is 1. The maximum absolute atomic E-state index is 12.4. The van der Waals surface area contributed by atoms with Crippen LogP contribution in [-0.4, -0.2) is 16.7 Å². The molecule has 0 saturated heterocycles. The van der Waals surface area contributed by atoms with Gasteiger partial charge in [0.05, 0.1) is 10.5 Å². The third-order valence-electron chi connectivity index (χ3n) is 3.98. The molecule has 0 atom stereocenters. The van der Waals surface area contributed by atoms with E-state index in [0.717, 1.165) is 4.47 Å². The number of carbonyl (C=O) groups is 2. The van der Waals surface area contributed by atoms with Gasteiger partial charge in [-0.3, -0.25) is 14.9 Å². The summed E-state index contributed by atoms with van der Waals surface area (Å²) in [5.41, 5.74) is 1.15. The van der Waals surface area contributed by atoms with E-state index < -0.39 is 10.9 Å². The van der Waals surface area contributed by atoms with E-state index in [9.17, 15) is 19.7 Å². The van der Waals surface area contributed by atoms with Gasteiger partial charge in [0.25, 0.3) is 5.69 Å². The van der Waals surface area contributed by atoms with Gasteiger partial charge in [0.2, 0.25) is 0 Å². The first-order valence-electron chi connectivity index (χ1n) is 8.48. The second kappa shape index (κ2) is 9.07. The predicted octanol–water partition coefficient (Wildman–Crippen LogP) is 5.47. The number of non-ortho nitro benzene ring substituents is 1. The number of carbonyl (C=O) groups excluding carboxylic acids is 2. The summed E-state index contributed by atoms with van der Waals surface area (Å²) in [7, 11) is 0. The molecule has 144 valence electrons. The molecular formula is C22H14BrNO5. The number of rotatable bonds is 6. The van der Waals surface area contributed by atoms with Crippen molar-refractivity contribution in [2.75, 3.05) is 0 Å². The van der Waals surface area contributed by atoms with Crippen LogP contribution in [0.3, 0.4) is 0 Å². The Bertz CT molecular complexity index is 1090. The fraction of sp³-hybridized carbons (Fsp3) is 0. The first kappa shape index (κ1) is 20.2. The van der Waals surface area contributed by atoms with E-state index in [1.54, 1.807) is 54.6 Å². The summed E-state index contributed by atoms with van der Waals surface area (Å²) in [6, 6.07) is 18.9. The number of nitro benzene ring substituents is 1. The van der Waals surface area contributed by atoms with Gasteiger partial charge in [-0.15, -0.1) is 0 Å². The van der Waals surface area contributed by atoms with Crippen molar-refractivity contribution in [3.63, 3.8) is 0 Å². The normalized spacial score (nSPS) is 10.7. The minimum atomic E-state index is -0.653. The van der Waals surface area contributed by atoms with Crippen LogP contribution < -0.4 is 4.74 Å². The fourth-order valence-corrected chi connectivity index (χ4v) is 2.73. The molecule has 3 aromatic carbocycles. The SMILES string of the molecule is O=C(C=Cc1ccccc1OC(=O)c1ccc([N+](=O)[O-])cc1)c1ccc(Br)cc1. The van der Waals surface area contributed by atoms with E-state index in [2.05, 4.69) is 15.9 Å². The number of hydrogen-bond acceptors (Lipinski definition) is 5. The Morgan fingerprint density at radius 2 is 1.52 bits per heavy atom. The Morgan fingerprint density at radius 3 is 2.17 bits per heavy atom. The van der Waals surface area contributed by atoms with E-state index in [0.29, 0.717) is 11.1 Å². The van der Waals surface area contributed by atoms with Crippen molar-refractivity contribution >= 4 is 39.4 Å². The number of nitrogens with zero attached hydrogens (tertiary/aromatic N) is 1. The molecule has 0 aliphatic rings. The molecule has 0 aromatic heterocycles. The van der Waals surface area contributed by atoms with Gasteiger partial charge in [0, 0.05) is 27.7 Å². The fourth-order valence-electron chi connectivity index (χ4n) is 2.47. The largest absolute Gasteiger partial charge is 0.422 e. The molecule has 0 spiro atoms. The molecule has 0 radical (unpaired) electrons. The van der Waals surface area contributed by atoms with Crippen molar-refractivity contribution in [1.29, 1.82) is 0 Å². The topological polar surface area (TPSA) is 86.5 Å². The lowest BCUT2D eigenvalue weighted by Crippen LogP contribution is -2.09. The summed E-state index contributed by atoms with van der Waals surface area (Å²) in [6.07, 6.45) is 2.98. The number of allylic oxidation sites excluding steroid dienone is 1. The number of para-hydroxylation sites is 1. The Kier molecular flexibility index (Phi) is 6.31. The molecule has 0 aliphatic heterocycles. The zero-order valence-electron chi connectivity index (χ0n) is 14.9. The zero-order chi connectivity index (χ0) is 20.8. The number of ether oxygens (including phenoxy) is 1. The van der Waals surface area contributed by atoms with E-state index in [1.807, 2.05) is 0 Å². The molecule has 0 amide bonds. The second-order valence-electron chi connectivity index (χ2n) is 5.94. The van der Waals surface area contributed by atoms with E-state index in [4.69, 9.17) is 4.74 Å². The minimum Gasteiger partial charge on any atom is -0.422 e. The standard InChI is InChI=1S/C22H14BrNO5/c23-18-10-5-15(6-11-18)20(25)14-9-16-3-1-2-4-21(16)29-22(26)17-7-12-19(13-8-17)24(27)28/h1-14H. The van der Waals surface area contributed by atoms with Crippen LogP contribution in [0.5, 0.6) is 5.75 Å². The third kappa shape index (κ3) is 5.24. The van der Waals surface area contributed by atoms with Crippen LogP contribution in [0.15, 0.2) is 83.3 Å². The summed E-state index contributed by atoms with van der Waals surface area (Å²) in [5.74, 6) is -0.565. The van der Waals surface area contributed by atoms with Crippen LogP contribution in [0.1, 0.15) is 26.3 Å². The summed E-state index contributed by atoms with van der Waals surface area (Å²) in [6.45, 7) is 0. The van der Waals surface area contributed by atoms with Crippen molar-refractivity contribution < 1.29 is 19.2 Å². The van der Waals surface area contributed by atoms with Gasteiger partial charge < -0.3 is 4.74 Å². The van der Waals surface area contributed by atoms with Crippen LogP contribution in [-0.2, 0) is 0 Å². The van der Waals surface area contributed by atoms with E-state index in [-0.39, 0.29) is 22.8 Å². The molecule has 0 fully saturated rings. The molecule has 6 nitrogen and oxygen atoms in total. The summed E-state index contributed by atoms with van der Waals surface area (Å²) >= 11 is 3.32. The average molecular weight is 452 g/mol. The van der Waals surface area contributed by atoms with Crippen LogP contribution in [0.2, 0.25) is 0 Å². The molecule has 0 heterocycles. The Hall–Kier alpha value is -3.58. The molecule has 0 bridgehead atoms. The number of hydrogen-bond donors (Lipinski definition) is 0. The van der Waals surface area contributed by atoms with E-state index >= 15 is 0 Å². The second-order valence-corrected chi connectivity index (χ2v) is 6.85. The first-order valence-corrected chi connectivity index (χ1v) is 9.27. The smallest absolute Gasteiger partial charge is 0.343 e. The minimum absolute atomic E-state index is 0.115. The molecular weight excluding hydrogens is 438 g/mol. The molecule has 3 rings (SSSR count). The Balaban J connectivity index is 1.76. The lowest BCUT2D eigenvalue weighted by molar-refractivity contribution is -0.384. The van der Waals surface area contributed by atoms with Gasteiger partial charge in [-0.1, -0.05) is 34.1 Å². The van der Waals surface area contributed by atoms with Crippen LogP contribution >= 0.6 is 15.9 Å². The molecule has 7 heteroatoms. The van der Waals surface area contributed by atoms with Crippen molar-refractivity contribution in [1.82, 2.24) is 0 Å². The van der Waals surface area contributed by atoms with Crippen molar-refractivity contribution in [2.45, 2.75) is 0 Å².